The Hall–Kier alpha value is -3.10. The molecule has 1 N–H and O–H groups in total. The molecule has 8 heteroatoms. The molecule has 0 radical (unpaired) electrons. The molecule has 0 saturated carbocycles. The van der Waals surface area contributed by atoms with Crippen LogP contribution in [0.25, 0.3) is 0 Å². The molecule has 0 bridgehead atoms. The minimum atomic E-state index is -0.0412. The smallest absolute Gasteiger partial charge is 0.242 e. The van der Waals surface area contributed by atoms with E-state index in [9.17, 15) is 4.79 Å². The second-order valence-corrected chi connectivity index (χ2v) is 9.27. The van der Waals surface area contributed by atoms with Crippen LogP contribution in [0.1, 0.15) is 42.9 Å². The van der Waals surface area contributed by atoms with E-state index in [4.69, 9.17) is 0 Å². The fourth-order valence-electron chi connectivity index (χ4n) is 5.22. The van der Waals surface area contributed by atoms with Gasteiger partial charge in [-0.2, -0.15) is 0 Å². The molecule has 1 amide bonds. The van der Waals surface area contributed by atoms with Gasteiger partial charge in [-0.25, -0.2) is 4.68 Å². The maximum absolute atomic E-state index is 12.5. The largest absolute Gasteiger partial charge is 0.349 e. The van der Waals surface area contributed by atoms with E-state index in [1.807, 2.05) is 0 Å². The molecule has 1 saturated heterocycles. The third-order valence-corrected chi connectivity index (χ3v) is 6.84. The topological polar surface area (TPSA) is 79.2 Å². The number of tetrazole rings is 1. The summed E-state index contributed by atoms with van der Waals surface area (Å²) >= 11 is 0. The van der Waals surface area contributed by atoms with Gasteiger partial charge in [0.1, 0.15) is 6.54 Å². The van der Waals surface area contributed by atoms with E-state index in [0.717, 1.165) is 32.0 Å². The maximum Gasteiger partial charge on any atom is 0.242 e. The Kier molecular flexibility index (Phi) is 6.20. The lowest BCUT2D eigenvalue weighted by Crippen LogP contribution is -2.54. The highest BCUT2D eigenvalue weighted by Crippen LogP contribution is 2.33. The van der Waals surface area contributed by atoms with E-state index in [1.54, 1.807) is 4.68 Å². The zero-order valence-electron chi connectivity index (χ0n) is 19.2. The van der Waals surface area contributed by atoms with Crippen molar-refractivity contribution in [2.75, 3.05) is 26.2 Å². The molecule has 1 unspecified atom stereocenters. The lowest BCUT2D eigenvalue weighted by molar-refractivity contribution is -0.122. The van der Waals surface area contributed by atoms with Crippen molar-refractivity contribution in [3.63, 3.8) is 0 Å². The summed E-state index contributed by atoms with van der Waals surface area (Å²) in [6.45, 7) is 8.07. The standard InChI is InChI=1S/C25H31N7O/c1-18(2)22-24(25-27-28-29-32(25)17-21(33)26-22)31-15-13-30(14-16-31)23(19-9-5-3-6-10-19)20-11-7-4-8-12-20/h3-12,18,22-24H,13-17H2,1-2H3,(H,26,33)/t22-,24?/m0/s1. The zero-order chi connectivity index (χ0) is 22.8. The first-order chi connectivity index (χ1) is 16.1. The third kappa shape index (κ3) is 4.41. The van der Waals surface area contributed by atoms with E-state index in [1.165, 1.54) is 11.1 Å². The van der Waals surface area contributed by atoms with Crippen LogP contribution in [0.2, 0.25) is 0 Å². The van der Waals surface area contributed by atoms with Crippen LogP contribution in [0.5, 0.6) is 0 Å². The Labute approximate surface area is 194 Å². The van der Waals surface area contributed by atoms with Crippen LogP contribution in [0.3, 0.4) is 0 Å². The van der Waals surface area contributed by atoms with Crippen molar-refractivity contribution in [1.29, 1.82) is 0 Å². The Balaban J connectivity index is 1.40. The molecule has 2 aliphatic rings. The molecule has 8 nitrogen and oxygen atoms in total. The third-order valence-electron chi connectivity index (χ3n) is 6.84. The predicted molar refractivity (Wildman–Crippen MR) is 125 cm³/mol. The first-order valence-electron chi connectivity index (χ1n) is 11.7. The van der Waals surface area contributed by atoms with Gasteiger partial charge in [0.2, 0.25) is 5.91 Å². The van der Waals surface area contributed by atoms with Crippen molar-refractivity contribution in [2.24, 2.45) is 5.92 Å². The maximum atomic E-state index is 12.5. The number of benzene rings is 2. The monoisotopic (exact) mass is 445 g/mol. The van der Waals surface area contributed by atoms with Crippen molar-refractivity contribution in [3.05, 3.63) is 77.6 Å². The Bertz CT molecular complexity index is 1020. The van der Waals surface area contributed by atoms with Crippen LogP contribution in [0.4, 0.5) is 0 Å². The van der Waals surface area contributed by atoms with Crippen LogP contribution < -0.4 is 5.32 Å². The molecular formula is C25H31N7O. The fraction of sp³-hybridized carbons (Fsp3) is 0.440. The lowest BCUT2D eigenvalue weighted by Gasteiger charge is -2.44. The van der Waals surface area contributed by atoms with Crippen LogP contribution in [-0.4, -0.2) is 68.1 Å². The molecule has 2 aliphatic heterocycles. The summed E-state index contributed by atoms with van der Waals surface area (Å²) in [4.78, 5) is 17.5. The minimum absolute atomic E-state index is 0.0309. The van der Waals surface area contributed by atoms with E-state index in [2.05, 4.69) is 105 Å². The van der Waals surface area contributed by atoms with Gasteiger partial charge in [-0.1, -0.05) is 74.5 Å². The molecule has 5 rings (SSSR count). The molecule has 1 aromatic heterocycles. The summed E-state index contributed by atoms with van der Waals surface area (Å²) in [5.41, 5.74) is 2.62. The van der Waals surface area contributed by atoms with Gasteiger partial charge in [-0.05, 0) is 27.5 Å². The van der Waals surface area contributed by atoms with Gasteiger partial charge in [0.25, 0.3) is 0 Å². The number of nitrogens with one attached hydrogen (secondary N) is 1. The normalized spacial score (nSPS) is 22.2. The first-order valence-corrected chi connectivity index (χ1v) is 11.7. The molecule has 1 fully saturated rings. The second kappa shape index (κ2) is 9.41. The van der Waals surface area contributed by atoms with Gasteiger partial charge in [-0.15, -0.1) is 5.10 Å². The number of rotatable bonds is 5. The van der Waals surface area contributed by atoms with E-state index < -0.39 is 0 Å². The Morgan fingerprint density at radius 2 is 1.52 bits per heavy atom. The fourth-order valence-corrected chi connectivity index (χ4v) is 5.22. The van der Waals surface area contributed by atoms with Crippen molar-refractivity contribution in [3.8, 4) is 0 Å². The Morgan fingerprint density at radius 3 is 2.09 bits per heavy atom. The molecule has 3 heterocycles. The van der Waals surface area contributed by atoms with Crippen LogP contribution in [0.15, 0.2) is 60.7 Å². The summed E-state index contributed by atoms with van der Waals surface area (Å²) in [5, 5.41) is 15.5. The first kappa shape index (κ1) is 21.7. The molecule has 2 aromatic carbocycles. The van der Waals surface area contributed by atoms with Crippen molar-refractivity contribution in [1.82, 2.24) is 35.3 Å². The number of fused-ring (bicyclic) bond motifs is 1. The molecule has 2 atom stereocenters. The number of aromatic nitrogens is 4. The molecule has 33 heavy (non-hydrogen) atoms. The number of nitrogens with zero attached hydrogens (tertiary/aromatic N) is 6. The lowest BCUT2D eigenvalue weighted by atomic mass is 9.93. The number of piperazine rings is 1. The van der Waals surface area contributed by atoms with Gasteiger partial charge >= 0.3 is 0 Å². The number of amides is 1. The quantitative estimate of drug-likeness (QED) is 0.649. The molecule has 3 aromatic rings. The van der Waals surface area contributed by atoms with Gasteiger partial charge in [0.15, 0.2) is 5.82 Å². The molecular weight excluding hydrogens is 414 g/mol. The number of hydrogen-bond acceptors (Lipinski definition) is 6. The van der Waals surface area contributed by atoms with Crippen LogP contribution >= 0.6 is 0 Å². The number of hydrogen-bond donors (Lipinski definition) is 1. The summed E-state index contributed by atoms with van der Waals surface area (Å²) < 4.78 is 1.66. The van der Waals surface area contributed by atoms with Gasteiger partial charge in [-0.3, -0.25) is 14.6 Å². The van der Waals surface area contributed by atoms with Crippen molar-refractivity contribution < 1.29 is 4.79 Å². The van der Waals surface area contributed by atoms with Gasteiger partial charge in [0, 0.05) is 26.2 Å². The van der Waals surface area contributed by atoms with E-state index >= 15 is 0 Å². The summed E-state index contributed by atoms with van der Waals surface area (Å²) in [5.74, 6) is 1.02. The van der Waals surface area contributed by atoms with Crippen LogP contribution in [0, 0.1) is 5.92 Å². The van der Waals surface area contributed by atoms with Gasteiger partial charge in [0.05, 0.1) is 18.1 Å². The van der Waals surface area contributed by atoms with Crippen LogP contribution in [-0.2, 0) is 11.3 Å². The SMILES string of the molecule is CC(C)[C@@H]1NC(=O)Cn2nnnc2C1N1CCN(C(c2ccccc2)c2ccccc2)CC1. The molecule has 0 spiro atoms. The molecule has 0 aliphatic carbocycles. The van der Waals surface area contributed by atoms with Gasteiger partial charge < -0.3 is 5.32 Å². The summed E-state index contributed by atoms with van der Waals surface area (Å²) in [6.07, 6.45) is 0. The average molecular weight is 446 g/mol. The van der Waals surface area contributed by atoms with Crippen molar-refractivity contribution >= 4 is 5.91 Å². The minimum Gasteiger partial charge on any atom is -0.349 e. The van der Waals surface area contributed by atoms with E-state index in [-0.39, 0.29) is 36.5 Å². The summed E-state index contributed by atoms with van der Waals surface area (Å²) in [7, 11) is 0. The number of carbonyl (C=O) groups is 1. The van der Waals surface area contributed by atoms with E-state index in [0.29, 0.717) is 0 Å². The number of carbonyl (C=O) groups excluding carboxylic acids is 1. The highest BCUT2D eigenvalue weighted by molar-refractivity contribution is 5.76. The van der Waals surface area contributed by atoms with Crippen molar-refractivity contribution in [2.45, 2.75) is 38.5 Å². The summed E-state index contributed by atoms with van der Waals surface area (Å²) in [6, 6.07) is 21.6. The zero-order valence-corrected chi connectivity index (χ0v) is 19.2. The second-order valence-electron chi connectivity index (χ2n) is 9.27. The Morgan fingerprint density at radius 1 is 0.909 bits per heavy atom. The highest BCUT2D eigenvalue weighted by Gasteiger charge is 2.40. The predicted octanol–water partition coefficient (Wildman–Crippen LogP) is 2.28. The average Bonchev–Trinajstić information content (AvgIpc) is 3.23. The highest BCUT2D eigenvalue weighted by atomic mass is 16.2. The molecule has 172 valence electrons.